The molecule has 676 valence electrons. The first kappa shape index (κ1) is 92.1. The maximum Gasteiger partial charge on any atom is 0.267 e. The van der Waals surface area contributed by atoms with E-state index in [0.29, 0.717) is 117 Å². The van der Waals surface area contributed by atoms with Crippen LogP contribution in [0.2, 0.25) is 0 Å². The molecule has 15 aromatic rings. The molecule has 2 atom stereocenters. The molecule has 17 rings (SSSR count). The Morgan fingerprint density at radius 2 is 1.10 bits per heavy atom. The van der Waals surface area contributed by atoms with Crippen molar-refractivity contribution in [3.8, 4) is 52.3 Å². The SMILES string of the molecule is C=CC(=O)Cc1ccc2c(c1)ncn2-c1ncnc(Nc2ccc(OCCOC)cc2)n1.C=CC(=O)N1CCCC(C2CN(c3ccc(Oc4ccccc4)cc3)C(=O)c3c(N)ncnc3O2)C1.C=CC(=O)Nc1cccc2c1ccn2-c1nc(Nc2ccc(OCCOC)cc2)ncc1F.C=CC(=O)Nc1cccc2c1cnn2-c1ncnc(Nc2ccc(OCCOC)cc2)n1. The number of piperidine rings is 1. The number of anilines is 10. The number of allylic oxidation sites excluding steroid dienone is 1. The summed E-state index contributed by atoms with van der Waals surface area (Å²) in [6.07, 6.45) is 16.9. The van der Waals surface area contributed by atoms with Gasteiger partial charge in [-0.05, 0) is 194 Å². The Hall–Kier alpha value is -17.1. The van der Waals surface area contributed by atoms with E-state index in [4.69, 9.17) is 43.6 Å². The largest absolute Gasteiger partial charge is 0.491 e. The zero-order valence-electron chi connectivity index (χ0n) is 72.6. The van der Waals surface area contributed by atoms with Crippen LogP contribution in [-0.2, 0) is 39.8 Å². The molecule has 9 heterocycles. The molecule has 37 heteroatoms. The van der Waals surface area contributed by atoms with Crippen LogP contribution in [0.3, 0.4) is 0 Å². The number of carbonyl (C=O) groups is 5. The van der Waals surface area contributed by atoms with Crippen molar-refractivity contribution in [3.63, 3.8) is 0 Å². The number of nitrogens with two attached hydrogens (primary N) is 1. The van der Waals surface area contributed by atoms with Gasteiger partial charge in [0.05, 0.1) is 72.2 Å². The molecule has 7 N–H and O–H groups in total. The molecule has 4 amide bonds. The number of carbonyl (C=O) groups excluding carboxylic acids is 5. The topological polar surface area (TPSA) is 421 Å². The number of fused-ring (bicyclic) bond motifs is 4. The summed E-state index contributed by atoms with van der Waals surface area (Å²) in [7, 11) is 4.88. The fraction of sp³-hybridized carbons (Fsp3) is 0.177. The Morgan fingerprint density at radius 3 is 1.69 bits per heavy atom. The smallest absolute Gasteiger partial charge is 0.267 e. The summed E-state index contributed by atoms with van der Waals surface area (Å²) in [5.41, 5.74) is 14.3. The third-order valence-corrected chi connectivity index (χ3v) is 20.5. The molecule has 2 unspecified atom stereocenters. The lowest BCUT2D eigenvalue weighted by molar-refractivity contribution is -0.128. The Labute approximate surface area is 762 Å². The number of para-hydroxylation sites is 1. The Kier molecular flexibility index (Phi) is 31.2. The summed E-state index contributed by atoms with van der Waals surface area (Å²) < 4.78 is 63.4. The van der Waals surface area contributed by atoms with Gasteiger partial charge in [0.1, 0.15) is 91.4 Å². The van der Waals surface area contributed by atoms with Crippen molar-refractivity contribution in [1.29, 1.82) is 0 Å². The number of amides is 4. The summed E-state index contributed by atoms with van der Waals surface area (Å²) >= 11 is 0. The zero-order valence-corrected chi connectivity index (χ0v) is 72.6. The maximum absolute atomic E-state index is 14.7. The number of hydrogen-bond donors (Lipinski definition) is 6. The minimum atomic E-state index is -0.583. The molecule has 0 bridgehead atoms. The Bertz CT molecular complexity index is 6610. The van der Waals surface area contributed by atoms with Crippen molar-refractivity contribution >= 4 is 120 Å². The third-order valence-electron chi connectivity index (χ3n) is 20.5. The van der Waals surface area contributed by atoms with Gasteiger partial charge in [-0.3, -0.25) is 33.1 Å². The molecule has 8 aromatic carbocycles. The van der Waals surface area contributed by atoms with E-state index in [1.807, 2.05) is 152 Å². The second-order valence-electron chi connectivity index (χ2n) is 29.3. The Morgan fingerprint density at radius 1 is 0.534 bits per heavy atom. The molecular formula is C96H92FN23O13. The number of methoxy groups -OCH3 is 3. The van der Waals surface area contributed by atoms with Crippen molar-refractivity contribution in [1.82, 2.24) is 78.6 Å². The van der Waals surface area contributed by atoms with Crippen molar-refractivity contribution in [2.75, 3.05) is 118 Å². The molecule has 1 fully saturated rings. The lowest BCUT2D eigenvalue weighted by Gasteiger charge is -2.37. The van der Waals surface area contributed by atoms with Crippen LogP contribution in [-0.4, -0.2) is 195 Å². The number of nitrogens with one attached hydrogen (secondary N) is 5. The van der Waals surface area contributed by atoms with Gasteiger partial charge < -0.3 is 80.0 Å². The van der Waals surface area contributed by atoms with Crippen LogP contribution < -0.4 is 60.9 Å². The van der Waals surface area contributed by atoms with Crippen molar-refractivity contribution in [3.05, 3.63) is 300 Å². The fourth-order valence-electron chi connectivity index (χ4n) is 14.0. The number of ketones is 1. The first-order valence-corrected chi connectivity index (χ1v) is 41.7. The van der Waals surface area contributed by atoms with E-state index >= 15 is 0 Å². The number of ether oxygens (including phenoxy) is 8. The predicted octanol–water partition coefficient (Wildman–Crippen LogP) is 14.5. The van der Waals surface area contributed by atoms with Crippen molar-refractivity contribution < 1.29 is 66.3 Å². The average Bonchev–Trinajstić information content (AvgIpc) is 1.85. The van der Waals surface area contributed by atoms with E-state index in [0.717, 1.165) is 86.2 Å². The minimum absolute atomic E-state index is 0.000719. The van der Waals surface area contributed by atoms with Crippen LogP contribution in [0.1, 0.15) is 28.8 Å². The van der Waals surface area contributed by atoms with E-state index in [1.54, 1.807) is 100 Å². The van der Waals surface area contributed by atoms with Crippen LogP contribution in [0, 0.1) is 11.7 Å². The highest BCUT2D eigenvalue weighted by Crippen LogP contribution is 2.37. The Balaban J connectivity index is 0.000000143. The fourth-order valence-corrected chi connectivity index (χ4v) is 14.0. The first-order chi connectivity index (χ1) is 64.9. The summed E-state index contributed by atoms with van der Waals surface area (Å²) in [4.78, 5) is 111. The van der Waals surface area contributed by atoms with Gasteiger partial charge in [-0.1, -0.05) is 62.7 Å². The summed E-state index contributed by atoms with van der Waals surface area (Å²) in [5.74, 6) is 3.95. The highest BCUT2D eigenvalue weighted by molar-refractivity contribution is 6.11. The number of aromatic nitrogens is 15. The lowest BCUT2D eigenvalue weighted by Crippen LogP contribution is -2.48. The number of nitrogens with zero attached hydrogens (tertiary/aromatic N) is 17. The van der Waals surface area contributed by atoms with Gasteiger partial charge in [-0.2, -0.15) is 29.7 Å². The molecule has 0 aliphatic carbocycles. The van der Waals surface area contributed by atoms with E-state index < -0.39 is 11.9 Å². The molecule has 0 saturated carbocycles. The van der Waals surface area contributed by atoms with Gasteiger partial charge in [0.25, 0.3) is 11.9 Å². The molecule has 1 saturated heterocycles. The molecule has 2 aliphatic heterocycles. The maximum atomic E-state index is 14.7. The predicted molar refractivity (Wildman–Crippen MR) is 501 cm³/mol. The molecule has 0 radical (unpaired) electrons. The summed E-state index contributed by atoms with van der Waals surface area (Å²) in [5, 5.41) is 20.8. The number of benzene rings is 8. The highest BCUT2D eigenvalue weighted by atomic mass is 19.1. The van der Waals surface area contributed by atoms with Crippen LogP contribution in [0.15, 0.2) is 283 Å². The summed E-state index contributed by atoms with van der Waals surface area (Å²) in [6.45, 7) is 18.5. The van der Waals surface area contributed by atoms with Crippen LogP contribution in [0.5, 0.6) is 34.6 Å². The zero-order chi connectivity index (χ0) is 93.0. The first-order valence-electron chi connectivity index (χ1n) is 41.7. The van der Waals surface area contributed by atoms with E-state index in [-0.39, 0.29) is 70.9 Å². The van der Waals surface area contributed by atoms with E-state index in [2.05, 4.69) is 113 Å². The molecule has 2 aliphatic rings. The molecule has 7 aromatic heterocycles. The van der Waals surface area contributed by atoms with Crippen LogP contribution in [0.4, 0.5) is 62.2 Å². The van der Waals surface area contributed by atoms with Gasteiger partial charge in [0.2, 0.25) is 47.4 Å². The lowest BCUT2D eigenvalue weighted by atomic mass is 9.91. The number of imidazole rings is 1. The number of hydrogen-bond acceptors (Lipinski definition) is 29. The standard InChI is InChI=1S/C27H27N5O4.C24H22FN5O3.C23H22N6O3.C22H21N7O3/c1-2-23(33)31-14-6-7-18(15-31)22-16-32(27(34)24-25(28)29-17-30-26(24)36-22)19-10-12-21(13-11-19)35-20-8-4-3-5-9-20;1-3-22(31)28-20-5-4-6-21-18(20)11-12-30(21)23-19(25)15-26-24(29-23)27-16-7-9-17(10-8-16)33-14-13-32-2;1-3-18(30)12-16-4-9-21-20(13-16)26-15-29(21)23-25-14-24-22(28-23)27-17-5-7-19(8-6-17)32-11-10-31-2;1-3-20(30)27-18-5-4-6-19-17(18)13-25-29(19)22-24-14-23-21(28-22)26-15-7-9-16(10-8-15)32-12-11-31-2/h2-5,8-13,17-18,22H,1,6-7,14-16H2,(H2,28,29,30);3-12,15H,1,13-14H2,2H3,(H,28,31)(H,26,27,29);3-9,13-15H,1,10-12H2,2H3,(H,24,25,27,28);3-10,13-14H,1,11-12H2,2H3,(H,27,30)(H,23,24,26,28). The molecule has 133 heavy (non-hydrogen) atoms. The van der Waals surface area contributed by atoms with Gasteiger partial charge >= 0.3 is 0 Å². The molecule has 36 nitrogen and oxygen atoms in total. The minimum Gasteiger partial charge on any atom is -0.491 e. The third kappa shape index (κ3) is 24.0. The number of nitrogen functional groups attached to an aromatic ring is 1. The van der Waals surface area contributed by atoms with Crippen molar-refractivity contribution in [2.24, 2.45) is 5.92 Å². The van der Waals surface area contributed by atoms with Gasteiger partial charge in [0, 0.05) is 86.5 Å². The average molecular weight is 1790 g/mol. The second kappa shape index (κ2) is 45.1. The molecule has 0 spiro atoms. The van der Waals surface area contributed by atoms with Crippen molar-refractivity contribution in [2.45, 2.75) is 25.4 Å². The van der Waals surface area contributed by atoms with Gasteiger partial charge in [-0.15, -0.1) is 0 Å². The van der Waals surface area contributed by atoms with Crippen LogP contribution in [0.25, 0.3) is 50.6 Å². The number of likely N-dealkylation sites (tertiary alicyclic amines) is 1. The van der Waals surface area contributed by atoms with Crippen LogP contribution >= 0.6 is 0 Å². The quantitative estimate of drug-likeness (QED) is 0.0164. The van der Waals surface area contributed by atoms with Gasteiger partial charge in [0.15, 0.2) is 17.4 Å². The normalized spacial score (nSPS) is 13.1. The number of rotatable bonds is 33. The summed E-state index contributed by atoms with van der Waals surface area (Å²) in [6, 6.07) is 57.2. The number of halogens is 1. The molecular weight excluding hydrogens is 1700 g/mol. The highest BCUT2D eigenvalue weighted by Gasteiger charge is 2.39. The second-order valence-corrected chi connectivity index (χ2v) is 29.3. The monoisotopic (exact) mass is 1790 g/mol. The van der Waals surface area contributed by atoms with E-state index in [1.165, 1.54) is 43.3 Å². The van der Waals surface area contributed by atoms with E-state index in [9.17, 15) is 28.4 Å². The van der Waals surface area contributed by atoms with Gasteiger partial charge in [-0.25, -0.2) is 39.3 Å².